The molecule has 0 spiro atoms. The number of halogens is 1. The monoisotopic (exact) mass is 423 g/mol. The van der Waals surface area contributed by atoms with Gasteiger partial charge in [0, 0.05) is 35.2 Å². The van der Waals surface area contributed by atoms with Crippen LogP contribution in [0.1, 0.15) is 28.4 Å². The third kappa shape index (κ3) is 5.81. The molecular formula is C23H22ClN3O3. The van der Waals surface area contributed by atoms with Crippen LogP contribution >= 0.6 is 11.6 Å². The van der Waals surface area contributed by atoms with Gasteiger partial charge in [0.15, 0.2) is 6.10 Å². The summed E-state index contributed by atoms with van der Waals surface area (Å²) >= 11 is 6.01. The van der Waals surface area contributed by atoms with Crippen molar-refractivity contribution in [2.24, 2.45) is 0 Å². The van der Waals surface area contributed by atoms with Gasteiger partial charge in [-0.1, -0.05) is 23.7 Å². The fourth-order valence-electron chi connectivity index (χ4n) is 2.75. The third-order valence-corrected chi connectivity index (χ3v) is 4.83. The third-order valence-electron chi connectivity index (χ3n) is 4.41. The fraction of sp³-hybridized carbons (Fsp3) is 0.174. The van der Waals surface area contributed by atoms with E-state index in [1.807, 2.05) is 25.1 Å². The number of amides is 2. The van der Waals surface area contributed by atoms with Crippen molar-refractivity contribution in [2.45, 2.75) is 26.5 Å². The molecule has 3 aromatic rings. The van der Waals surface area contributed by atoms with Crippen LogP contribution in [0.5, 0.6) is 5.75 Å². The van der Waals surface area contributed by atoms with Gasteiger partial charge in [-0.15, -0.1) is 0 Å². The van der Waals surface area contributed by atoms with Gasteiger partial charge < -0.3 is 15.4 Å². The summed E-state index contributed by atoms with van der Waals surface area (Å²) in [5.41, 5.74) is 2.90. The number of anilines is 1. The molecule has 0 fully saturated rings. The topological polar surface area (TPSA) is 80.3 Å². The zero-order chi connectivity index (χ0) is 21.5. The number of aryl methyl sites for hydroxylation is 1. The van der Waals surface area contributed by atoms with Gasteiger partial charge in [-0.3, -0.25) is 14.6 Å². The smallest absolute Gasteiger partial charge is 0.261 e. The van der Waals surface area contributed by atoms with E-state index in [0.29, 0.717) is 28.6 Å². The second kappa shape index (κ2) is 9.89. The predicted molar refractivity (Wildman–Crippen MR) is 117 cm³/mol. The summed E-state index contributed by atoms with van der Waals surface area (Å²) < 4.78 is 5.69. The molecule has 7 heteroatoms. The molecule has 0 aliphatic rings. The lowest BCUT2D eigenvalue weighted by molar-refractivity contribution is -0.127. The molecule has 0 radical (unpaired) electrons. The highest BCUT2D eigenvalue weighted by Crippen LogP contribution is 2.22. The zero-order valence-electron chi connectivity index (χ0n) is 16.7. The Labute approximate surface area is 180 Å². The molecule has 0 saturated carbocycles. The Morgan fingerprint density at radius 3 is 2.60 bits per heavy atom. The number of benzene rings is 2. The molecule has 2 aromatic carbocycles. The van der Waals surface area contributed by atoms with Crippen molar-refractivity contribution in [3.05, 3.63) is 88.7 Å². The van der Waals surface area contributed by atoms with Crippen molar-refractivity contribution in [1.29, 1.82) is 0 Å². The number of pyridine rings is 1. The second-order valence-corrected chi connectivity index (χ2v) is 7.19. The number of nitrogens with one attached hydrogen (secondary N) is 2. The summed E-state index contributed by atoms with van der Waals surface area (Å²) in [4.78, 5) is 28.6. The van der Waals surface area contributed by atoms with E-state index in [9.17, 15) is 9.59 Å². The number of nitrogens with zero attached hydrogens (tertiary/aromatic N) is 1. The Kier molecular flexibility index (Phi) is 7.03. The molecule has 3 rings (SSSR count). The number of rotatable bonds is 7. The first kappa shape index (κ1) is 21.3. The molecule has 0 saturated heterocycles. The van der Waals surface area contributed by atoms with E-state index in [0.717, 1.165) is 11.1 Å². The lowest BCUT2D eigenvalue weighted by Gasteiger charge is -2.15. The van der Waals surface area contributed by atoms with E-state index in [4.69, 9.17) is 16.3 Å². The van der Waals surface area contributed by atoms with Crippen LogP contribution in [0.25, 0.3) is 0 Å². The molecule has 0 aliphatic carbocycles. The number of carbonyl (C=O) groups is 2. The average Bonchev–Trinajstić information content (AvgIpc) is 2.75. The van der Waals surface area contributed by atoms with Crippen molar-refractivity contribution in [1.82, 2.24) is 10.3 Å². The molecule has 2 N–H and O–H groups in total. The maximum absolute atomic E-state index is 12.4. The van der Waals surface area contributed by atoms with Gasteiger partial charge in [-0.25, -0.2) is 0 Å². The number of carbonyl (C=O) groups excluding carboxylic acids is 2. The van der Waals surface area contributed by atoms with E-state index < -0.39 is 6.10 Å². The van der Waals surface area contributed by atoms with Crippen LogP contribution in [0.15, 0.2) is 67.0 Å². The number of aromatic nitrogens is 1. The summed E-state index contributed by atoms with van der Waals surface area (Å²) in [6.07, 6.45) is 2.46. The minimum absolute atomic E-state index is 0.223. The van der Waals surface area contributed by atoms with Gasteiger partial charge in [0.05, 0.1) is 0 Å². The SMILES string of the molecule is Cc1cc(OC(C)C(=O)NCc2cccc(NC(=O)c3ccncc3)c2)ccc1Cl. The Hall–Kier alpha value is -3.38. The first-order valence-electron chi connectivity index (χ1n) is 9.43. The van der Waals surface area contributed by atoms with Crippen LogP contribution < -0.4 is 15.4 Å². The molecule has 1 unspecified atom stereocenters. The molecule has 30 heavy (non-hydrogen) atoms. The Morgan fingerprint density at radius 2 is 1.87 bits per heavy atom. The fourth-order valence-corrected chi connectivity index (χ4v) is 2.86. The van der Waals surface area contributed by atoms with Gasteiger partial charge in [-0.2, -0.15) is 0 Å². The van der Waals surface area contributed by atoms with E-state index in [2.05, 4.69) is 15.6 Å². The molecule has 0 aliphatic heterocycles. The number of ether oxygens (including phenoxy) is 1. The highest BCUT2D eigenvalue weighted by atomic mass is 35.5. The summed E-state index contributed by atoms with van der Waals surface area (Å²) in [5, 5.41) is 6.33. The molecule has 2 amide bonds. The molecule has 0 bridgehead atoms. The zero-order valence-corrected chi connectivity index (χ0v) is 17.4. The first-order valence-corrected chi connectivity index (χ1v) is 9.81. The van der Waals surface area contributed by atoms with Gasteiger partial charge in [-0.05, 0) is 67.4 Å². The molecule has 1 aromatic heterocycles. The molecule has 154 valence electrons. The van der Waals surface area contributed by atoms with Gasteiger partial charge in [0.2, 0.25) is 0 Å². The van der Waals surface area contributed by atoms with Crippen molar-refractivity contribution in [2.75, 3.05) is 5.32 Å². The molecular weight excluding hydrogens is 402 g/mol. The Morgan fingerprint density at radius 1 is 1.10 bits per heavy atom. The Bertz CT molecular complexity index is 1040. The van der Waals surface area contributed by atoms with E-state index in [1.54, 1.807) is 55.7 Å². The van der Waals surface area contributed by atoms with Gasteiger partial charge >= 0.3 is 0 Å². The van der Waals surface area contributed by atoms with Crippen LogP contribution in [0.4, 0.5) is 5.69 Å². The van der Waals surface area contributed by atoms with Crippen LogP contribution in [0.3, 0.4) is 0 Å². The minimum atomic E-state index is -0.667. The largest absolute Gasteiger partial charge is 0.481 e. The van der Waals surface area contributed by atoms with Crippen molar-refractivity contribution in [3.63, 3.8) is 0 Å². The summed E-state index contributed by atoms with van der Waals surface area (Å²) in [6.45, 7) is 3.87. The lowest BCUT2D eigenvalue weighted by atomic mass is 10.2. The molecule has 1 heterocycles. The van der Waals surface area contributed by atoms with Crippen molar-refractivity contribution in [3.8, 4) is 5.75 Å². The van der Waals surface area contributed by atoms with Crippen LogP contribution in [0, 0.1) is 6.92 Å². The Balaban J connectivity index is 1.54. The van der Waals surface area contributed by atoms with Crippen molar-refractivity contribution >= 4 is 29.1 Å². The normalized spacial score (nSPS) is 11.4. The second-order valence-electron chi connectivity index (χ2n) is 6.78. The molecule has 6 nitrogen and oxygen atoms in total. The maximum atomic E-state index is 12.4. The van der Waals surface area contributed by atoms with E-state index in [-0.39, 0.29) is 11.8 Å². The predicted octanol–water partition coefficient (Wildman–Crippen LogP) is 4.38. The van der Waals surface area contributed by atoms with Gasteiger partial charge in [0.25, 0.3) is 11.8 Å². The minimum Gasteiger partial charge on any atom is -0.481 e. The summed E-state index contributed by atoms with van der Waals surface area (Å²) in [7, 11) is 0. The first-order chi connectivity index (χ1) is 14.4. The van der Waals surface area contributed by atoms with E-state index in [1.165, 1.54) is 0 Å². The quantitative estimate of drug-likeness (QED) is 0.591. The lowest BCUT2D eigenvalue weighted by Crippen LogP contribution is -2.35. The number of hydrogen-bond acceptors (Lipinski definition) is 4. The highest BCUT2D eigenvalue weighted by Gasteiger charge is 2.15. The highest BCUT2D eigenvalue weighted by molar-refractivity contribution is 6.31. The van der Waals surface area contributed by atoms with Crippen molar-refractivity contribution < 1.29 is 14.3 Å². The van der Waals surface area contributed by atoms with Crippen LogP contribution in [-0.2, 0) is 11.3 Å². The molecule has 1 atom stereocenters. The van der Waals surface area contributed by atoms with Gasteiger partial charge in [0.1, 0.15) is 5.75 Å². The van der Waals surface area contributed by atoms with Crippen LogP contribution in [-0.4, -0.2) is 22.9 Å². The maximum Gasteiger partial charge on any atom is 0.261 e. The summed E-state index contributed by atoms with van der Waals surface area (Å²) in [6, 6.07) is 15.8. The average molecular weight is 424 g/mol. The number of hydrogen-bond donors (Lipinski definition) is 2. The summed E-state index contributed by atoms with van der Waals surface area (Å²) in [5.74, 6) is 0.119. The van der Waals surface area contributed by atoms with Crippen LogP contribution in [0.2, 0.25) is 5.02 Å². The van der Waals surface area contributed by atoms with E-state index >= 15 is 0 Å². The standard InChI is InChI=1S/C23H22ClN3O3/c1-15-12-20(6-7-21(15)24)30-16(2)22(28)26-14-17-4-3-5-19(13-17)27-23(29)18-8-10-25-11-9-18/h3-13,16H,14H2,1-2H3,(H,26,28)(H,27,29).